The number of nitrogen functional groups attached to an aromatic ring is 1. The third-order valence-electron chi connectivity index (χ3n) is 4.57. The minimum atomic E-state index is -0.513. The zero-order chi connectivity index (χ0) is 19.0. The van der Waals surface area contributed by atoms with E-state index in [1.165, 1.54) is 11.3 Å². The topological polar surface area (TPSA) is 108 Å². The fourth-order valence-electron chi connectivity index (χ4n) is 3.13. The second-order valence-corrected chi connectivity index (χ2v) is 7.56. The zero-order valence-electron chi connectivity index (χ0n) is 14.4. The molecular formula is C20H18N4O2S. The van der Waals surface area contributed by atoms with E-state index >= 15 is 0 Å². The van der Waals surface area contributed by atoms with Crippen LogP contribution in [0, 0.1) is 5.41 Å². The maximum atomic E-state index is 12.3. The molecule has 0 spiro atoms. The Hall–Kier alpha value is -3.19. The van der Waals surface area contributed by atoms with Gasteiger partial charge in [0, 0.05) is 28.1 Å². The lowest BCUT2D eigenvalue weighted by atomic mass is 10.0. The van der Waals surface area contributed by atoms with Gasteiger partial charge in [0.1, 0.15) is 6.04 Å². The Morgan fingerprint density at radius 2 is 2.04 bits per heavy atom. The maximum Gasteiger partial charge on any atom is 0.246 e. The van der Waals surface area contributed by atoms with Crippen molar-refractivity contribution < 1.29 is 9.59 Å². The fourth-order valence-corrected chi connectivity index (χ4v) is 4.15. The van der Waals surface area contributed by atoms with Crippen LogP contribution in [-0.4, -0.2) is 23.6 Å². The van der Waals surface area contributed by atoms with Crippen molar-refractivity contribution in [2.75, 3.05) is 11.1 Å². The summed E-state index contributed by atoms with van der Waals surface area (Å²) in [5.41, 5.74) is 8.00. The molecule has 1 fully saturated rings. The first-order chi connectivity index (χ1) is 13.0. The van der Waals surface area contributed by atoms with Crippen LogP contribution in [0.4, 0.5) is 11.4 Å². The van der Waals surface area contributed by atoms with E-state index in [1.54, 1.807) is 18.2 Å². The van der Waals surface area contributed by atoms with Crippen LogP contribution in [0.1, 0.15) is 23.3 Å². The molecule has 1 aliphatic heterocycles. The summed E-state index contributed by atoms with van der Waals surface area (Å²) in [6, 6.07) is 14.5. The van der Waals surface area contributed by atoms with E-state index in [9.17, 15) is 9.59 Å². The highest BCUT2D eigenvalue weighted by molar-refractivity contribution is 7.21. The third kappa shape index (κ3) is 3.41. The summed E-state index contributed by atoms with van der Waals surface area (Å²) < 4.78 is 1.11. The molecule has 2 heterocycles. The van der Waals surface area contributed by atoms with Crippen LogP contribution in [0.15, 0.2) is 48.5 Å². The first-order valence-electron chi connectivity index (χ1n) is 8.59. The number of nitrogens with two attached hydrogens (primary N) is 1. The van der Waals surface area contributed by atoms with Gasteiger partial charge in [0.25, 0.3) is 0 Å². The second kappa shape index (κ2) is 6.85. The molecule has 136 valence electrons. The molecule has 3 aromatic rings. The molecule has 5 N–H and O–H groups in total. The van der Waals surface area contributed by atoms with Crippen molar-refractivity contribution in [2.24, 2.45) is 0 Å². The van der Waals surface area contributed by atoms with Crippen molar-refractivity contribution in [3.8, 4) is 0 Å². The van der Waals surface area contributed by atoms with E-state index < -0.39 is 6.04 Å². The highest BCUT2D eigenvalue weighted by atomic mass is 32.1. The summed E-state index contributed by atoms with van der Waals surface area (Å²) in [6.45, 7) is 0. The molecule has 1 aliphatic rings. The number of nitrogens with one attached hydrogen (secondary N) is 3. The summed E-state index contributed by atoms with van der Waals surface area (Å²) >= 11 is 1.53. The number of carbonyl (C=O) groups excluding carboxylic acids is 2. The van der Waals surface area contributed by atoms with Crippen LogP contribution >= 0.6 is 11.3 Å². The van der Waals surface area contributed by atoms with Gasteiger partial charge in [0.2, 0.25) is 11.8 Å². The predicted molar refractivity (Wildman–Crippen MR) is 108 cm³/mol. The average molecular weight is 378 g/mol. The minimum Gasteiger partial charge on any atom is -0.398 e. The SMILES string of the molecule is N=C(c1cc2ccccc2s1)c1cc(NC(=O)[C@@H]2CCC(=O)N2)ccc1N. The standard InChI is InChI=1S/C20H18N4O2S/c21-14-6-5-12(23-20(26)15-7-8-18(25)24-15)10-13(14)19(22)17-9-11-3-1-2-4-16(11)27-17/h1-6,9-10,15,22H,7-8,21H2,(H,23,26)(H,24,25)/t15-/m0/s1. The highest BCUT2D eigenvalue weighted by Crippen LogP contribution is 2.29. The maximum absolute atomic E-state index is 12.3. The summed E-state index contributed by atoms with van der Waals surface area (Å²) in [7, 11) is 0. The quantitative estimate of drug-likeness (QED) is 0.414. The van der Waals surface area contributed by atoms with Gasteiger partial charge in [-0.2, -0.15) is 0 Å². The Balaban J connectivity index is 1.59. The molecule has 0 saturated carbocycles. The van der Waals surface area contributed by atoms with E-state index in [1.807, 2.05) is 30.3 Å². The normalized spacial score (nSPS) is 16.3. The summed E-state index contributed by atoms with van der Waals surface area (Å²) in [5.74, 6) is -0.371. The van der Waals surface area contributed by atoms with Crippen LogP contribution in [0.25, 0.3) is 10.1 Å². The lowest BCUT2D eigenvalue weighted by molar-refractivity contribution is -0.122. The number of benzene rings is 2. The van der Waals surface area contributed by atoms with Gasteiger partial charge in [-0.3, -0.25) is 15.0 Å². The Morgan fingerprint density at radius 3 is 2.78 bits per heavy atom. The van der Waals surface area contributed by atoms with Crippen molar-refractivity contribution in [1.29, 1.82) is 5.41 Å². The number of anilines is 2. The van der Waals surface area contributed by atoms with E-state index in [0.717, 1.165) is 15.0 Å². The molecule has 0 bridgehead atoms. The van der Waals surface area contributed by atoms with Crippen molar-refractivity contribution in [1.82, 2.24) is 5.32 Å². The minimum absolute atomic E-state index is 0.111. The molecule has 2 aromatic carbocycles. The summed E-state index contributed by atoms with van der Waals surface area (Å²) in [6.07, 6.45) is 0.853. The number of fused-ring (bicyclic) bond motifs is 1. The van der Waals surface area contributed by atoms with Crippen molar-refractivity contribution in [3.05, 3.63) is 59.0 Å². The van der Waals surface area contributed by atoms with Crippen LogP contribution in [0.5, 0.6) is 0 Å². The molecule has 4 rings (SSSR count). The number of rotatable bonds is 4. The Labute approximate surface area is 159 Å². The zero-order valence-corrected chi connectivity index (χ0v) is 15.2. The predicted octanol–water partition coefficient (Wildman–Crippen LogP) is 3.12. The van der Waals surface area contributed by atoms with E-state index in [4.69, 9.17) is 11.1 Å². The van der Waals surface area contributed by atoms with E-state index in [-0.39, 0.29) is 11.8 Å². The van der Waals surface area contributed by atoms with Gasteiger partial charge >= 0.3 is 0 Å². The van der Waals surface area contributed by atoms with Gasteiger partial charge in [-0.05, 0) is 42.1 Å². The molecule has 2 amide bonds. The Bertz CT molecular complexity index is 1040. The molecule has 7 heteroatoms. The smallest absolute Gasteiger partial charge is 0.246 e. The number of hydrogen-bond acceptors (Lipinski definition) is 5. The third-order valence-corrected chi connectivity index (χ3v) is 5.71. The number of hydrogen-bond donors (Lipinski definition) is 4. The molecule has 0 radical (unpaired) electrons. The first kappa shape index (κ1) is 17.2. The van der Waals surface area contributed by atoms with Gasteiger partial charge in [-0.1, -0.05) is 18.2 Å². The first-order valence-corrected chi connectivity index (χ1v) is 9.40. The van der Waals surface area contributed by atoms with Gasteiger partial charge in [0.15, 0.2) is 0 Å². The molecule has 1 saturated heterocycles. The molecule has 27 heavy (non-hydrogen) atoms. The van der Waals surface area contributed by atoms with Gasteiger partial charge in [-0.15, -0.1) is 11.3 Å². The van der Waals surface area contributed by atoms with Crippen LogP contribution in [0.3, 0.4) is 0 Å². The van der Waals surface area contributed by atoms with Crippen molar-refractivity contribution in [3.63, 3.8) is 0 Å². The van der Waals surface area contributed by atoms with Crippen LogP contribution < -0.4 is 16.4 Å². The molecule has 1 atom stereocenters. The number of amides is 2. The highest BCUT2D eigenvalue weighted by Gasteiger charge is 2.27. The van der Waals surface area contributed by atoms with Gasteiger partial charge in [0.05, 0.1) is 10.6 Å². The number of thiophene rings is 1. The van der Waals surface area contributed by atoms with Crippen LogP contribution in [-0.2, 0) is 9.59 Å². The van der Waals surface area contributed by atoms with E-state index in [0.29, 0.717) is 35.5 Å². The molecule has 6 nitrogen and oxygen atoms in total. The molecule has 0 unspecified atom stereocenters. The summed E-state index contributed by atoms with van der Waals surface area (Å²) in [4.78, 5) is 24.4. The van der Waals surface area contributed by atoms with Crippen molar-refractivity contribution in [2.45, 2.75) is 18.9 Å². The second-order valence-electron chi connectivity index (χ2n) is 6.47. The molecule has 0 aliphatic carbocycles. The van der Waals surface area contributed by atoms with Crippen molar-refractivity contribution >= 4 is 50.3 Å². The van der Waals surface area contributed by atoms with Gasteiger partial charge in [-0.25, -0.2) is 0 Å². The lowest BCUT2D eigenvalue weighted by Crippen LogP contribution is -2.37. The Kier molecular flexibility index (Phi) is 4.37. The average Bonchev–Trinajstić information content (AvgIpc) is 3.29. The van der Waals surface area contributed by atoms with E-state index in [2.05, 4.69) is 10.6 Å². The number of carbonyl (C=O) groups is 2. The lowest BCUT2D eigenvalue weighted by Gasteiger charge is -2.13. The molecular weight excluding hydrogens is 360 g/mol. The monoisotopic (exact) mass is 378 g/mol. The Morgan fingerprint density at radius 1 is 1.22 bits per heavy atom. The summed E-state index contributed by atoms with van der Waals surface area (Å²) in [5, 5.41) is 15.1. The largest absolute Gasteiger partial charge is 0.398 e. The van der Waals surface area contributed by atoms with Crippen LogP contribution in [0.2, 0.25) is 0 Å². The fraction of sp³-hybridized carbons (Fsp3) is 0.150. The molecule has 1 aromatic heterocycles. The van der Waals surface area contributed by atoms with Gasteiger partial charge < -0.3 is 16.4 Å².